The highest BCUT2D eigenvalue weighted by Crippen LogP contribution is 2.30. The van der Waals surface area contributed by atoms with Crippen LogP contribution in [0.25, 0.3) is 0 Å². The van der Waals surface area contributed by atoms with Crippen LogP contribution in [0.1, 0.15) is 62.2 Å². The standard InChI is InChI=1S/C25H27N3O5/c1-25(2,3)28-23(31)19-9-8-17(15-20(19)24(28)32)22(30)27-12-10-26(11-13-27)21(29)16-6-5-7-18(14-16)33-4/h5-9,14-15H,10-13H2,1-4H3. The number of fused-ring (bicyclic) bond motifs is 1. The van der Waals surface area contributed by atoms with Gasteiger partial charge in [0.05, 0.1) is 18.2 Å². The molecule has 0 bridgehead atoms. The number of nitrogens with zero attached hydrogens (tertiary/aromatic N) is 3. The Bertz CT molecular complexity index is 1140. The molecule has 0 aromatic heterocycles. The highest BCUT2D eigenvalue weighted by molar-refractivity contribution is 6.22. The maximum atomic E-state index is 13.1. The van der Waals surface area contributed by atoms with Gasteiger partial charge in [-0.25, -0.2) is 0 Å². The Morgan fingerprint density at radius 3 is 1.88 bits per heavy atom. The minimum Gasteiger partial charge on any atom is -0.497 e. The molecule has 2 aromatic rings. The molecule has 8 heteroatoms. The first-order chi connectivity index (χ1) is 15.6. The van der Waals surface area contributed by atoms with Crippen molar-refractivity contribution < 1.29 is 23.9 Å². The van der Waals surface area contributed by atoms with Crippen molar-refractivity contribution in [3.8, 4) is 5.75 Å². The van der Waals surface area contributed by atoms with Gasteiger partial charge in [0, 0.05) is 42.8 Å². The number of benzene rings is 2. The van der Waals surface area contributed by atoms with Crippen molar-refractivity contribution >= 4 is 23.6 Å². The van der Waals surface area contributed by atoms with Crippen LogP contribution >= 0.6 is 0 Å². The number of hydrogen-bond donors (Lipinski definition) is 0. The molecule has 1 saturated heterocycles. The molecule has 172 valence electrons. The van der Waals surface area contributed by atoms with Crippen molar-refractivity contribution in [1.29, 1.82) is 0 Å². The van der Waals surface area contributed by atoms with Gasteiger partial charge >= 0.3 is 0 Å². The van der Waals surface area contributed by atoms with Gasteiger partial charge in [-0.05, 0) is 57.2 Å². The van der Waals surface area contributed by atoms with E-state index >= 15 is 0 Å². The lowest BCUT2D eigenvalue weighted by molar-refractivity contribution is 0.0507. The molecule has 0 aliphatic carbocycles. The van der Waals surface area contributed by atoms with Crippen LogP contribution in [0.3, 0.4) is 0 Å². The summed E-state index contributed by atoms with van der Waals surface area (Å²) in [4.78, 5) is 56.0. The summed E-state index contributed by atoms with van der Waals surface area (Å²) in [6, 6.07) is 11.6. The van der Waals surface area contributed by atoms with Gasteiger partial charge in [-0.15, -0.1) is 0 Å². The van der Waals surface area contributed by atoms with Crippen molar-refractivity contribution in [2.45, 2.75) is 26.3 Å². The maximum absolute atomic E-state index is 13.1. The van der Waals surface area contributed by atoms with E-state index in [2.05, 4.69) is 0 Å². The normalized spacial score (nSPS) is 16.2. The van der Waals surface area contributed by atoms with Crippen molar-refractivity contribution in [2.75, 3.05) is 33.3 Å². The molecule has 0 radical (unpaired) electrons. The summed E-state index contributed by atoms with van der Waals surface area (Å²) in [7, 11) is 1.55. The molecule has 33 heavy (non-hydrogen) atoms. The molecule has 0 N–H and O–H groups in total. The van der Waals surface area contributed by atoms with Gasteiger partial charge in [-0.2, -0.15) is 0 Å². The summed E-state index contributed by atoms with van der Waals surface area (Å²) in [6.07, 6.45) is 0. The van der Waals surface area contributed by atoms with Gasteiger partial charge in [-0.3, -0.25) is 24.1 Å². The average molecular weight is 450 g/mol. The van der Waals surface area contributed by atoms with Crippen LogP contribution in [0.4, 0.5) is 0 Å². The number of ether oxygens (including phenoxy) is 1. The second-order valence-electron chi connectivity index (χ2n) is 9.19. The number of piperazine rings is 1. The van der Waals surface area contributed by atoms with Crippen LogP contribution in [0.15, 0.2) is 42.5 Å². The van der Waals surface area contributed by atoms with Crippen LogP contribution < -0.4 is 4.74 Å². The van der Waals surface area contributed by atoms with Crippen LogP contribution in [0.5, 0.6) is 5.75 Å². The van der Waals surface area contributed by atoms with Crippen LogP contribution in [-0.2, 0) is 0 Å². The number of rotatable bonds is 3. The lowest BCUT2D eigenvalue weighted by Gasteiger charge is -2.35. The Morgan fingerprint density at radius 1 is 0.788 bits per heavy atom. The van der Waals surface area contributed by atoms with E-state index < -0.39 is 5.54 Å². The maximum Gasteiger partial charge on any atom is 0.262 e. The van der Waals surface area contributed by atoms with Gasteiger partial charge in [0.2, 0.25) is 0 Å². The number of carbonyl (C=O) groups is 4. The summed E-state index contributed by atoms with van der Waals surface area (Å²) in [5.41, 5.74) is 0.827. The van der Waals surface area contributed by atoms with Crippen molar-refractivity contribution in [2.24, 2.45) is 0 Å². The SMILES string of the molecule is COc1cccc(C(=O)N2CCN(C(=O)c3ccc4c(c3)C(=O)N(C(C)(C)C)C4=O)CC2)c1. The number of carbonyl (C=O) groups excluding carboxylic acids is 4. The zero-order valence-electron chi connectivity index (χ0n) is 19.3. The molecule has 2 heterocycles. The Morgan fingerprint density at radius 2 is 1.33 bits per heavy atom. The molecule has 1 fully saturated rings. The first-order valence-corrected chi connectivity index (χ1v) is 10.9. The smallest absolute Gasteiger partial charge is 0.262 e. The van der Waals surface area contributed by atoms with Gasteiger partial charge < -0.3 is 14.5 Å². The molecule has 2 aliphatic rings. The summed E-state index contributed by atoms with van der Waals surface area (Å²) in [6.45, 7) is 6.97. The molecule has 2 aliphatic heterocycles. The highest BCUT2D eigenvalue weighted by Gasteiger charge is 2.42. The van der Waals surface area contributed by atoms with E-state index in [-0.39, 0.29) is 29.2 Å². The number of methoxy groups -OCH3 is 1. The van der Waals surface area contributed by atoms with E-state index in [1.165, 1.54) is 11.0 Å². The zero-order valence-corrected chi connectivity index (χ0v) is 19.3. The number of imide groups is 1. The van der Waals surface area contributed by atoms with Crippen LogP contribution in [0.2, 0.25) is 0 Å². The molecule has 4 amide bonds. The Kier molecular flexibility index (Phi) is 5.69. The van der Waals surface area contributed by atoms with Crippen LogP contribution in [0, 0.1) is 0 Å². The van der Waals surface area contributed by atoms with Crippen LogP contribution in [-0.4, -0.2) is 77.2 Å². The van der Waals surface area contributed by atoms with Crippen molar-refractivity contribution in [1.82, 2.24) is 14.7 Å². The summed E-state index contributed by atoms with van der Waals surface area (Å²) in [5.74, 6) is -0.438. The third-order valence-corrected chi connectivity index (χ3v) is 5.98. The fraction of sp³-hybridized carbons (Fsp3) is 0.360. The van der Waals surface area contributed by atoms with Crippen molar-refractivity contribution in [3.05, 3.63) is 64.7 Å². The van der Waals surface area contributed by atoms with E-state index in [4.69, 9.17) is 4.74 Å². The molecule has 0 saturated carbocycles. The Labute approximate surface area is 192 Å². The van der Waals surface area contributed by atoms with E-state index in [1.54, 1.807) is 74.1 Å². The van der Waals surface area contributed by atoms with E-state index in [0.717, 1.165) is 0 Å². The van der Waals surface area contributed by atoms with Gasteiger partial charge in [0.1, 0.15) is 5.75 Å². The molecule has 2 aromatic carbocycles. The predicted molar refractivity (Wildman–Crippen MR) is 121 cm³/mol. The molecule has 0 unspecified atom stereocenters. The average Bonchev–Trinajstić information content (AvgIpc) is 3.07. The second kappa shape index (κ2) is 8.35. The van der Waals surface area contributed by atoms with Gasteiger partial charge in [0.15, 0.2) is 0 Å². The third kappa shape index (κ3) is 4.08. The molecule has 8 nitrogen and oxygen atoms in total. The zero-order chi connectivity index (χ0) is 23.9. The lowest BCUT2D eigenvalue weighted by atomic mass is 10.0. The summed E-state index contributed by atoms with van der Waals surface area (Å²) >= 11 is 0. The first-order valence-electron chi connectivity index (χ1n) is 10.9. The fourth-order valence-corrected chi connectivity index (χ4v) is 4.22. The third-order valence-electron chi connectivity index (χ3n) is 5.98. The predicted octanol–water partition coefficient (Wildman–Crippen LogP) is 2.69. The summed E-state index contributed by atoms with van der Waals surface area (Å²) < 4.78 is 5.19. The first kappa shape index (κ1) is 22.5. The minimum atomic E-state index is -0.650. The Hall–Kier alpha value is -3.68. The topological polar surface area (TPSA) is 87.2 Å². The molecule has 0 spiro atoms. The van der Waals surface area contributed by atoms with E-state index in [9.17, 15) is 19.2 Å². The highest BCUT2D eigenvalue weighted by atomic mass is 16.5. The van der Waals surface area contributed by atoms with E-state index in [0.29, 0.717) is 48.6 Å². The molecule has 4 rings (SSSR count). The lowest BCUT2D eigenvalue weighted by Crippen LogP contribution is -2.50. The number of amides is 4. The second-order valence-corrected chi connectivity index (χ2v) is 9.19. The molecular weight excluding hydrogens is 422 g/mol. The fourth-order valence-electron chi connectivity index (χ4n) is 4.22. The van der Waals surface area contributed by atoms with Crippen molar-refractivity contribution in [3.63, 3.8) is 0 Å². The molecule has 0 atom stereocenters. The van der Waals surface area contributed by atoms with Gasteiger partial charge in [-0.1, -0.05) is 6.07 Å². The summed E-state index contributed by atoms with van der Waals surface area (Å²) in [5, 5.41) is 0. The number of hydrogen-bond acceptors (Lipinski definition) is 5. The van der Waals surface area contributed by atoms with E-state index in [1.807, 2.05) is 0 Å². The molecular formula is C25H27N3O5. The van der Waals surface area contributed by atoms with Gasteiger partial charge in [0.25, 0.3) is 23.6 Å². The quantitative estimate of drug-likeness (QED) is 0.673. The monoisotopic (exact) mass is 449 g/mol. The minimum absolute atomic E-state index is 0.107. The largest absolute Gasteiger partial charge is 0.497 e. The Balaban J connectivity index is 1.45.